The first kappa shape index (κ1) is 22.6. The van der Waals surface area contributed by atoms with E-state index in [1.54, 1.807) is 0 Å². The number of aromatic nitrogens is 1. The normalized spacial score (nSPS) is 32.5. The van der Waals surface area contributed by atoms with Crippen molar-refractivity contribution in [2.45, 2.75) is 70.9 Å². The summed E-state index contributed by atoms with van der Waals surface area (Å²) in [5.41, 5.74) is 0.936. The molecule has 1 aromatic heterocycles. The number of hydrogen-bond acceptors (Lipinski definition) is 6. The Kier molecular flexibility index (Phi) is 6.63. The Morgan fingerprint density at radius 3 is 2.65 bits per heavy atom. The third-order valence-electron chi connectivity index (χ3n) is 8.17. The number of ether oxygens (including phenoxy) is 1. The highest BCUT2D eigenvalue weighted by Gasteiger charge is 2.71. The third-order valence-corrected chi connectivity index (χ3v) is 8.17. The molecule has 1 aromatic rings. The summed E-state index contributed by atoms with van der Waals surface area (Å²) in [5.74, 6) is 0.632. The Morgan fingerprint density at radius 1 is 1.23 bits per heavy atom. The van der Waals surface area contributed by atoms with Crippen LogP contribution in [0.15, 0.2) is 10.6 Å². The maximum absolute atomic E-state index is 13.2. The number of aryl methyl sites for hydroxylation is 1. The molecular formula is C23H34ClN3O4. The summed E-state index contributed by atoms with van der Waals surface area (Å²) in [4.78, 5) is 26.3. The molecule has 2 N–H and O–H groups in total. The summed E-state index contributed by atoms with van der Waals surface area (Å²) in [7, 11) is 0. The molecule has 1 saturated heterocycles. The second kappa shape index (κ2) is 9.10. The maximum atomic E-state index is 13.2. The van der Waals surface area contributed by atoms with Crippen molar-refractivity contribution < 1.29 is 18.8 Å². The van der Waals surface area contributed by atoms with Crippen molar-refractivity contribution in [1.29, 1.82) is 0 Å². The molecule has 2 heterocycles. The monoisotopic (exact) mass is 451 g/mol. The van der Waals surface area contributed by atoms with Crippen LogP contribution in [0.3, 0.4) is 0 Å². The van der Waals surface area contributed by atoms with Crippen LogP contribution in [-0.2, 0) is 20.9 Å². The van der Waals surface area contributed by atoms with Crippen LogP contribution in [0.4, 0.5) is 0 Å². The van der Waals surface area contributed by atoms with Gasteiger partial charge in [0.25, 0.3) is 0 Å². The minimum Gasteiger partial charge on any atom is -0.465 e. The second-order valence-corrected chi connectivity index (χ2v) is 9.82. The van der Waals surface area contributed by atoms with E-state index < -0.39 is 0 Å². The van der Waals surface area contributed by atoms with Gasteiger partial charge in [0.15, 0.2) is 0 Å². The molecule has 2 bridgehead atoms. The minimum absolute atomic E-state index is 0. The number of rotatable bonds is 7. The Morgan fingerprint density at radius 2 is 2.00 bits per heavy atom. The van der Waals surface area contributed by atoms with Crippen LogP contribution in [0.2, 0.25) is 0 Å². The number of hydrogen-bond donors (Lipinski definition) is 2. The molecule has 7 nitrogen and oxygen atoms in total. The van der Waals surface area contributed by atoms with Gasteiger partial charge in [0, 0.05) is 12.1 Å². The highest BCUT2D eigenvalue weighted by Crippen LogP contribution is 2.74. The standard InChI is InChI=1S/C23H33N3O4.ClH/c1-14-12-16(26-30-14)13-25-21(27)19-17-5-6-18(23(17)8-9-23)20(19)22(28)29-11-7-15-4-2-3-10-24-15;/h12,15,17-20,24H,2-11,13H2,1H3,(H,25,27);1H/t15-,17-,18+,19+,20+;/m0./s1. The van der Waals surface area contributed by atoms with E-state index in [0.29, 0.717) is 36.7 Å². The zero-order valence-electron chi connectivity index (χ0n) is 18.2. The predicted molar refractivity (Wildman–Crippen MR) is 116 cm³/mol. The number of nitrogens with zero attached hydrogens (tertiary/aromatic N) is 1. The van der Waals surface area contributed by atoms with Gasteiger partial charge in [-0.2, -0.15) is 0 Å². The molecule has 1 amide bonds. The van der Waals surface area contributed by atoms with Crippen LogP contribution in [0.5, 0.6) is 0 Å². The lowest BCUT2D eigenvalue weighted by Crippen LogP contribution is -2.42. The fourth-order valence-corrected chi connectivity index (χ4v) is 6.69. The lowest BCUT2D eigenvalue weighted by atomic mass is 9.78. The predicted octanol–water partition coefficient (Wildman–Crippen LogP) is 3.15. The molecule has 1 aliphatic heterocycles. The quantitative estimate of drug-likeness (QED) is 0.618. The average molecular weight is 452 g/mol. The van der Waals surface area contributed by atoms with Gasteiger partial charge in [-0.1, -0.05) is 11.6 Å². The van der Waals surface area contributed by atoms with E-state index in [1.165, 1.54) is 12.8 Å². The molecule has 0 radical (unpaired) electrons. The molecule has 3 saturated carbocycles. The lowest BCUT2D eigenvalue weighted by Gasteiger charge is -2.29. The Balaban J connectivity index is 0.00000231. The maximum Gasteiger partial charge on any atom is 0.310 e. The van der Waals surface area contributed by atoms with E-state index in [4.69, 9.17) is 9.26 Å². The molecule has 0 unspecified atom stereocenters. The third kappa shape index (κ3) is 4.23. The SMILES string of the molecule is Cc1cc(CNC(=O)[C@H]2[C@H](C(=O)OCC[C@@H]3CCCCN3)[C@H]3CC[C@@H]2C32CC2)no1.Cl. The molecule has 4 aliphatic rings. The van der Waals surface area contributed by atoms with Gasteiger partial charge >= 0.3 is 5.97 Å². The molecule has 4 fully saturated rings. The zero-order valence-corrected chi connectivity index (χ0v) is 19.0. The Labute approximate surface area is 189 Å². The van der Waals surface area contributed by atoms with E-state index in [9.17, 15) is 9.59 Å². The Hall–Kier alpha value is -1.60. The van der Waals surface area contributed by atoms with E-state index in [0.717, 1.165) is 50.8 Å². The number of amides is 1. The van der Waals surface area contributed by atoms with Gasteiger partial charge in [-0.25, -0.2) is 0 Å². The number of carbonyl (C=O) groups is 2. The van der Waals surface area contributed by atoms with E-state index in [2.05, 4.69) is 15.8 Å². The molecule has 31 heavy (non-hydrogen) atoms. The van der Waals surface area contributed by atoms with E-state index >= 15 is 0 Å². The fraction of sp³-hybridized carbons (Fsp3) is 0.783. The first-order valence-electron chi connectivity index (χ1n) is 11.7. The van der Waals surface area contributed by atoms with Crippen LogP contribution < -0.4 is 10.6 Å². The van der Waals surface area contributed by atoms with Gasteiger partial charge in [0.2, 0.25) is 5.91 Å². The van der Waals surface area contributed by atoms with Gasteiger partial charge in [0.05, 0.1) is 25.0 Å². The van der Waals surface area contributed by atoms with Crippen LogP contribution in [0.1, 0.15) is 62.8 Å². The summed E-state index contributed by atoms with van der Waals surface area (Å²) < 4.78 is 10.9. The summed E-state index contributed by atoms with van der Waals surface area (Å²) >= 11 is 0. The number of carbonyl (C=O) groups excluding carboxylic acids is 2. The number of esters is 1. The average Bonchev–Trinajstić information content (AvgIpc) is 3.24. The van der Waals surface area contributed by atoms with Crippen molar-refractivity contribution in [3.63, 3.8) is 0 Å². The van der Waals surface area contributed by atoms with Crippen molar-refractivity contribution in [3.8, 4) is 0 Å². The van der Waals surface area contributed by atoms with Crippen molar-refractivity contribution in [3.05, 3.63) is 17.5 Å². The molecule has 8 heteroatoms. The van der Waals surface area contributed by atoms with Crippen molar-refractivity contribution in [2.75, 3.05) is 13.2 Å². The zero-order chi connectivity index (χ0) is 20.7. The number of halogens is 1. The molecule has 5 atom stereocenters. The first-order valence-corrected chi connectivity index (χ1v) is 11.7. The lowest BCUT2D eigenvalue weighted by molar-refractivity contribution is -0.155. The molecule has 172 valence electrons. The molecular weight excluding hydrogens is 418 g/mol. The van der Waals surface area contributed by atoms with Crippen molar-refractivity contribution in [1.82, 2.24) is 15.8 Å². The first-order chi connectivity index (χ1) is 14.6. The van der Waals surface area contributed by atoms with E-state index in [-0.39, 0.29) is 41.5 Å². The largest absolute Gasteiger partial charge is 0.465 e. The number of nitrogens with one attached hydrogen (secondary N) is 2. The smallest absolute Gasteiger partial charge is 0.310 e. The van der Waals surface area contributed by atoms with Gasteiger partial charge < -0.3 is 19.9 Å². The van der Waals surface area contributed by atoms with Gasteiger partial charge in [-0.05, 0) is 75.7 Å². The minimum atomic E-state index is -0.287. The van der Waals surface area contributed by atoms with Crippen molar-refractivity contribution >= 4 is 24.3 Å². The second-order valence-electron chi connectivity index (χ2n) is 9.82. The molecule has 3 aliphatic carbocycles. The van der Waals surface area contributed by atoms with E-state index in [1.807, 2.05) is 13.0 Å². The fourth-order valence-electron chi connectivity index (χ4n) is 6.69. The van der Waals surface area contributed by atoms with Crippen LogP contribution >= 0.6 is 12.4 Å². The summed E-state index contributed by atoms with van der Waals surface area (Å²) in [5, 5.41) is 10.5. The highest BCUT2D eigenvalue weighted by atomic mass is 35.5. The van der Waals surface area contributed by atoms with Gasteiger partial charge in [0.1, 0.15) is 11.5 Å². The van der Waals surface area contributed by atoms with Gasteiger partial charge in [-0.3, -0.25) is 9.59 Å². The number of piperidine rings is 1. The Bertz CT molecular complexity index is 802. The molecule has 0 aromatic carbocycles. The van der Waals surface area contributed by atoms with Crippen LogP contribution in [0.25, 0.3) is 0 Å². The molecule has 1 spiro atoms. The summed E-state index contributed by atoms with van der Waals surface area (Å²) in [6.45, 7) is 3.68. The van der Waals surface area contributed by atoms with Gasteiger partial charge in [-0.15, -0.1) is 12.4 Å². The van der Waals surface area contributed by atoms with Crippen LogP contribution in [-0.4, -0.2) is 36.2 Å². The van der Waals surface area contributed by atoms with Crippen LogP contribution in [0, 0.1) is 36.0 Å². The summed E-state index contributed by atoms with van der Waals surface area (Å²) in [6, 6.07) is 2.28. The summed E-state index contributed by atoms with van der Waals surface area (Å²) in [6.07, 6.45) is 8.92. The topological polar surface area (TPSA) is 93.5 Å². The van der Waals surface area contributed by atoms with Crippen molar-refractivity contribution in [2.24, 2.45) is 29.1 Å². The highest BCUT2D eigenvalue weighted by molar-refractivity contribution is 5.87. The molecule has 5 rings (SSSR count).